The fourth-order valence-electron chi connectivity index (χ4n) is 4.48. The molecule has 0 amide bonds. The number of rotatable bonds is 4. The van der Waals surface area contributed by atoms with Crippen molar-refractivity contribution in [2.75, 3.05) is 0 Å². The van der Waals surface area contributed by atoms with Gasteiger partial charge in [0, 0.05) is 0 Å². The molecule has 4 atom stereocenters. The van der Waals surface area contributed by atoms with Crippen molar-refractivity contribution in [3.63, 3.8) is 0 Å². The van der Waals surface area contributed by atoms with Crippen LogP contribution >= 0.6 is 0 Å². The average Bonchev–Trinajstić information content (AvgIpc) is 2.62. The largest absolute Gasteiger partial charge is 0.0953 e. The third-order valence-corrected chi connectivity index (χ3v) is 6.32. The van der Waals surface area contributed by atoms with Gasteiger partial charge in [0.1, 0.15) is 0 Å². The maximum absolute atomic E-state index is 4.55. The highest BCUT2D eigenvalue weighted by Gasteiger charge is 2.29. The Bertz CT molecular complexity index is 643. The first-order valence-corrected chi connectivity index (χ1v) is 10.2. The number of hydrogen-bond donors (Lipinski definition) is 0. The smallest absolute Gasteiger partial charge is 0.0157 e. The van der Waals surface area contributed by atoms with Gasteiger partial charge in [0.25, 0.3) is 0 Å². The Hall–Kier alpha value is -1.56. The zero-order valence-electron chi connectivity index (χ0n) is 16.3. The molecule has 0 saturated heterocycles. The summed E-state index contributed by atoms with van der Waals surface area (Å²) in [5.74, 6) is 3.01. The fraction of sp³-hybridized carbons (Fsp3) is 0.520. The van der Waals surface area contributed by atoms with Crippen LogP contribution in [0.25, 0.3) is 6.08 Å². The molecule has 0 heterocycles. The van der Waals surface area contributed by atoms with E-state index in [9.17, 15) is 0 Å². The lowest BCUT2D eigenvalue weighted by molar-refractivity contribution is 0.311. The summed E-state index contributed by atoms with van der Waals surface area (Å²) in [5, 5.41) is 0. The molecule has 0 radical (unpaired) electrons. The lowest BCUT2D eigenvalue weighted by Gasteiger charge is -2.35. The van der Waals surface area contributed by atoms with E-state index >= 15 is 0 Å². The van der Waals surface area contributed by atoms with E-state index < -0.39 is 0 Å². The van der Waals surface area contributed by atoms with E-state index in [1.165, 1.54) is 60.8 Å². The number of allylic oxidation sites excluding steroid dienone is 4. The molecule has 3 rings (SSSR count). The van der Waals surface area contributed by atoms with Crippen LogP contribution < -0.4 is 0 Å². The molecule has 4 unspecified atom stereocenters. The molecule has 0 aromatic heterocycles. The van der Waals surface area contributed by atoms with Gasteiger partial charge in [0.15, 0.2) is 0 Å². The molecule has 1 fully saturated rings. The van der Waals surface area contributed by atoms with Gasteiger partial charge < -0.3 is 0 Å². The molecule has 0 N–H and O–H groups in total. The van der Waals surface area contributed by atoms with E-state index in [2.05, 4.69) is 69.8 Å². The molecule has 1 aromatic carbocycles. The van der Waals surface area contributed by atoms with Crippen molar-refractivity contribution < 1.29 is 0 Å². The van der Waals surface area contributed by atoms with E-state index in [1.807, 2.05) is 0 Å². The normalized spacial score (nSPS) is 31.5. The highest BCUT2D eigenvalue weighted by molar-refractivity contribution is 5.59. The first-order valence-electron chi connectivity index (χ1n) is 10.2. The van der Waals surface area contributed by atoms with Gasteiger partial charge in [0.05, 0.1) is 0 Å². The summed E-state index contributed by atoms with van der Waals surface area (Å²) >= 11 is 0. The van der Waals surface area contributed by atoms with Gasteiger partial charge in [-0.25, -0.2) is 0 Å². The Balaban J connectivity index is 1.76. The van der Waals surface area contributed by atoms with Gasteiger partial charge in [-0.05, 0) is 79.4 Å². The quantitative estimate of drug-likeness (QED) is 0.504. The molecular weight excluding hydrogens is 300 g/mol. The molecule has 25 heavy (non-hydrogen) atoms. The van der Waals surface area contributed by atoms with Crippen LogP contribution in [0.2, 0.25) is 0 Å². The molecule has 0 spiro atoms. The van der Waals surface area contributed by atoms with Crippen LogP contribution in [0.3, 0.4) is 0 Å². The van der Waals surface area contributed by atoms with Crippen LogP contribution in [0, 0.1) is 30.6 Å². The van der Waals surface area contributed by atoms with Gasteiger partial charge in [-0.15, -0.1) is 0 Å². The zero-order valence-corrected chi connectivity index (χ0v) is 16.3. The average molecular weight is 335 g/mol. The first-order chi connectivity index (χ1) is 12.0. The highest BCUT2D eigenvalue weighted by atomic mass is 14.3. The van der Waals surface area contributed by atoms with E-state index in [0.717, 1.165) is 17.8 Å². The van der Waals surface area contributed by atoms with Crippen LogP contribution in [0.1, 0.15) is 63.5 Å². The van der Waals surface area contributed by atoms with Gasteiger partial charge in [0.2, 0.25) is 0 Å². The second-order valence-electron chi connectivity index (χ2n) is 8.45. The molecule has 1 saturated carbocycles. The zero-order chi connectivity index (χ0) is 17.8. The minimum Gasteiger partial charge on any atom is -0.0953 e. The molecule has 2 aliphatic carbocycles. The molecule has 1 aromatic rings. The lowest BCUT2D eigenvalue weighted by Crippen LogP contribution is -2.22. The maximum Gasteiger partial charge on any atom is -0.0157 e. The summed E-state index contributed by atoms with van der Waals surface area (Å²) in [6, 6.07) is 8.90. The van der Waals surface area contributed by atoms with Crippen LogP contribution in [0.4, 0.5) is 0 Å². The summed E-state index contributed by atoms with van der Waals surface area (Å²) in [6.45, 7) is 11.4. The second-order valence-corrected chi connectivity index (χ2v) is 8.45. The Kier molecular flexibility index (Phi) is 5.99. The van der Waals surface area contributed by atoms with Gasteiger partial charge in [-0.3, -0.25) is 0 Å². The summed E-state index contributed by atoms with van der Waals surface area (Å²) in [5.41, 5.74) is 5.56. The molecular formula is C25H34. The first kappa shape index (κ1) is 18.2. The minimum absolute atomic E-state index is 0.665. The van der Waals surface area contributed by atoms with Crippen molar-refractivity contribution in [3.05, 3.63) is 65.3 Å². The maximum atomic E-state index is 4.55. The third kappa shape index (κ3) is 4.75. The standard InChI is InChI=1S/C25H34/c1-5-21-14-24(16-22-10-6-18(2)7-11-22)20(4)25(15-21)17-23-12-8-19(3)9-13-23/h6-8,10-12,16,19,21,23,25H,4-5,9,13-15,17H2,1-3H3. The fourth-order valence-corrected chi connectivity index (χ4v) is 4.48. The van der Waals surface area contributed by atoms with Crippen LogP contribution in [0.5, 0.6) is 0 Å². The van der Waals surface area contributed by atoms with E-state index in [4.69, 9.17) is 0 Å². The Morgan fingerprint density at radius 1 is 1.12 bits per heavy atom. The third-order valence-electron chi connectivity index (χ3n) is 6.32. The van der Waals surface area contributed by atoms with Crippen molar-refractivity contribution in [2.24, 2.45) is 23.7 Å². The molecule has 0 nitrogen and oxygen atoms in total. The predicted molar refractivity (Wildman–Crippen MR) is 110 cm³/mol. The second kappa shape index (κ2) is 8.21. The summed E-state index contributed by atoms with van der Waals surface area (Å²) in [6.07, 6.45) is 15.1. The highest BCUT2D eigenvalue weighted by Crippen LogP contribution is 2.43. The lowest BCUT2D eigenvalue weighted by atomic mass is 9.70. The Labute approximate surface area is 154 Å². The number of hydrogen-bond acceptors (Lipinski definition) is 0. The van der Waals surface area contributed by atoms with Crippen LogP contribution in [-0.4, -0.2) is 0 Å². The topological polar surface area (TPSA) is 0 Å². The predicted octanol–water partition coefficient (Wildman–Crippen LogP) is 7.36. The SMILES string of the molecule is C=C1C(=Cc2ccc(C)cc2)CC(CC)CC1CC1C=CC(C)CC1. The monoisotopic (exact) mass is 334 g/mol. The summed E-state index contributed by atoms with van der Waals surface area (Å²) in [7, 11) is 0. The van der Waals surface area contributed by atoms with E-state index in [0.29, 0.717) is 5.92 Å². The van der Waals surface area contributed by atoms with Gasteiger partial charge >= 0.3 is 0 Å². The minimum atomic E-state index is 0.665. The summed E-state index contributed by atoms with van der Waals surface area (Å²) < 4.78 is 0. The van der Waals surface area contributed by atoms with Crippen molar-refractivity contribution in [1.29, 1.82) is 0 Å². The number of benzene rings is 1. The molecule has 2 aliphatic rings. The van der Waals surface area contributed by atoms with Crippen molar-refractivity contribution >= 4 is 6.08 Å². The Morgan fingerprint density at radius 3 is 2.52 bits per heavy atom. The van der Waals surface area contributed by atoms with Crippen molar-refractivity contribution in [1.82, 2.24) is 0 Å². The Morgan fingerprint density at radius 2 is 1.88 bits per heavy atom. The van der Waals surface area contributed by atoms with Gasteiger partial charge in [-0.1, -0.05) is 74.9 Å². The van der Waals surface area contributed by atoms with E-state index in [1.54, 1.807) is 0 Å². The van der Waals surface area contributed by atoms with Crippen molar-refractivity contribution in [2.45, 2.75) is 59.3 Å². The molecule has 0 aliphatic heterocycles. The molecule has 0 heteroatoms. The molecule has 0 bridgehead atoms. The van der Waals surface area contributed by atoms with Gasteiger partial charge in [-0.2, -0.15) is 0 Å². The van der Waals surface area contributed by atoms with Crippen molar-refractivity contribution in [3.8, 4) is 0 Å². The van der Waals surface area contributed by atoms with E-state index in [-0.39, 0.29) is 0 Å². The summed E-state index contributed by atoms with van der Waals surface area (Å²) in [4.78, 5) is 0. The van der Waals surface area contributed by atoms with Crippen LogP contribution in [-0.2, 0) is 0 Å². The molecule has 134 valence electrons. The number of aryl methyl sites for hydroxylation is 1. The van der Waals surface area contributed by atoms with Crippen LogP contribution in [0.15, 0.2) is 54.1 Å².